The average molecular weight is 130 g/mol. The third-order valence-electron chi connectivity index (χ3n) is 0.808. The summed E-state index contributed by atoms with van der Waals surface area (Å²) in [5, 5.41) is 0. The SMILES string of the molecule is C/C=C/OC(C)OCC. The van der Waals surface area contributed by atoms with E-state index in [1.165, 1.54) is 0 Å². The predicted molar refractivity (Wildman–Crippen MR) is 37.0 cm³/mol. The summed E-state index contributed by atoms with van der Waals surface area (Å²) in [4.78, 5) is 0. The molecule has 2 heteroatoms. The largest absolute Gasteiger partial charge is 0.473 e. The fourth-order valence-electron chi connectivity index (χ4n) is 0.463. The molecule has 0 aromatic heterocycles. The molecule has 2 nitrogen and oxygen atoms in total. The molecule has 9 heavy (non-hydrogen) atoms. The molecule has 0 aliphatic carbocycles. The summed E-state index contributed by atoms with van der Waals surface area (Å²) in [6.45, 7) is 6.40. The maximum Gasteiger partial charge on any atom is 0.196 e. The van der Waals surface area contributed by atoms with Crippen molar-refractivity contribution in [1.29, 1.82) is 0 Å². The number of hydrogen-bond acceptors (Lipinski definition) is 2. The summed E-state index contributed by atoms with van der Waals surface area (Å²) in [5.41, 5.74) is 0. The maximum absolute atomic E-state index is 5.07. The summed E-state index contributed by atoms with van der Waals surface area (Å²) < 4.78 is 10.1. The van der Waals surface area contributed by atoms with Crippen molar-refractivity contribution in [2.45, 2.75) is 27.1 Å². The third-order valence-corrected chi connectivity index (χ3v) is 0.808. The number of allylic oxidation sites excluding steroid dienone is 1. The summed E-state index contributed by atoms with van der Waals surface area (Å²) in [7, 11) is 0. The van der Waals surface area contributed by atoms with Gasteiger partial charge in [-0.2, -0.15) is 0 Å². The van der Waals surface area contributed by atoms with E-state index in [0.29, 0.717) is 6.61 Å². The van der Waals surface area contributed by atoms with E-state index in [9.17, 15) is 0 Å². The molecule has 0 aliphatic rings. The highest BCUT2D eigenvalue weighted by Gasteiger charge is 1.94. The van der Waals surface area contributed by atoms with E-state index in [-0.39, 0.29) is 6.29 Å². The van der Waals surface area contributed by atoms with E-state index >= 15 is 0 Å². The Kier molecular flexibility index (Phi) is 5.32. The predicted octanol–water partition coefficient (Wildman–Crippen LogP) is 1.92. The van der Waals surface area contributed by atoms with Crippen LogP contribution in [0.15, 0.2) is 12.3 Å². The quantitative estimate of drug-likeness (QED) is 0.427. The Morgan fingerprint density at radius 3 is 2.67 bits per heavy atom. The van der Waals surface area contributed by atoms with Crippen LogP contribution in [0.1, 0.15) is 20.8 Å². The third kappa shape index (κ3) is 5.37. The molecule has 0 spiro atoms. The summed E-state index contributed by atoms with van der Waals surface area (Å²) in [5.74, 6) is 0. The van der Waals surface area contributed by atoms with Crippen LogP contribution in [0.3, 0.4) is 0 Å². The van der Waals surface area contributed by atoms with Crippen molar-refractivity contribution >= 4 is 0 Å². The lowest BCUT2D eigenvalue weighted by atomic mass is 10.7. The van der Waals surface area contributed by atoms with Crippen molar-refractivity contribution in [3.05, 3.63) is 12.3 Å². The molecule has 0 amide bonds. The molecule has 1 unspecified atom stereocenters. The molecule has 1 atom stereocenters. The molecule has 0 aromatic rings. The smallest absolute Gasteiger partial charge is 0.196 e. The summed E-state index contributed by atoms with van der Waals surface area (Å²) >= 11 is 0. The Balaban J connectivity index is 3.15. The van der Waals surface area contributed by atoms with Crippen LogP contribution in [-0.4, -0.2) is 12.9 Å². The highest BCUT2D eigenvalue weighted by molar-refractivity contribution is 4.65. The zero-order valence-corrected chi connectivity index (χ0v) is 6.26. The summed E-state index contributed by atoms with van der Waals surface area (Å²) in [6.07, 6.45) is 3.33. The summed E-state index contributed by atoms with van der Waals surface area (Å²) in [6, 6.07) is 0. The van der Waals surface area contributed by atoms with Crippen molar-refractivity contribution in [1.82, 2.24) is 0 Å². The van der Waals surface area contributed by atoms with Crippen molar-refractivity contribution in [3.8, 4) is 0 Å². The Labute approximate surface area is 56.5 Å². The van der Waals surface area contributed by atoms with Crippen molar-refractivity contribution in [2.75, 3.05) is 6.61 Å². The first kappa shape index (κ1) is 8.50. The van der Waals surface area contributed by atoms with Gasteiger partial charge in [-0.3, -0.25) is 0 Å². The zero-order valence-electron chi connectivity index (χ0n) is 6.26. The second-order valence-electron chi connectivity index (χ2n) is 1.63. The standard InChI is InChI=1S/C7H14O2/c1-4-6-9-7(3)8-5-2/h4,6-7H,5H2,1-3H3/b6-4+. The normalized spacial score (nSPS) is 14.1. The van der Waals surface area contributed by atoms with E-state index in [4.69, 9.17) is 9.47 Å². The van der Waals surface area contributed by atoms with Crippen LogP contribution in [0.5, 0.6) is 0 Å². The van der Waals surface area contributed by atoms with Crippen LogP contribution in [0.25, 0.3) is 0 Å². The molecular weight excluding hydrogens is 116 g/mol. The van der Waals surface area contributed by atoms with Crippen LogP contribution in [0.2, 0.25) is 0 Å². The van der Waals surface area contributed by atoms with Gasteiger partial charge < -0.3 is 9.47 Å². The first-order valence-electron chi connectivity index (χ1n) is 3.19. The van der Waals surface area contributed by atoms with Crippen LogP contribution >= 0.6 is 0 Å². The van der Waals surface area contributed by atoms with Gasteiger partial charge in [-0.05, 0) is 20.8 Å². The fourth-order valence-corrected chi connectivity index (χ4v) is 0.463. The Hall–Kier alpha value is -0.500. The maximum atomic E-state index is 5.07. The van der Waals surface area contributed by atoms with Gasteiger partial charge in [0, 0.05) is 6.61 Å². The highest BCUT2D eigenvalue weighted by Crippen LogP contribution is 1.92. The minimum absolute atomic E-state index is 0.119. The van der Waals surface area contributed by atoms with Crippen LogP contribution in [-0.2, 0) is 9.47 Å². The minimum Gasteiger partial charge on any atom is -0.473 e. The molecule has 0 N–H and O–H groups in total. The van der Waals surface area contributed by atoms with Gasteiger partial charge in [0.25, 0.3) is 0 Å². The van der Waals surface area contributed by atoms with E-state index in [2.05, 4.69) is 0 Å². The average Bonchev–Trinajstić information content (AvgIpc) is 1.85. The van der Waals surface area contributed by atoms with Crippen molar-refractivity contribution < 1.29 is 9.47 Å². The topological polar surface area (TPSA) is 18.5 Å². The van der Waals surface area contributed by atoms with Crippen LogP contribution in [0, 0.1) is 0 Å². The highest BCUT2D eigenvalue weighted by atomic mass is 16.7. The van der Waals surface area contributed by atoms with Crippen LogP contribution in [0.4, 0.5) is 0 Å². The second-order valence-corrected chi connectivity index (χ2v) is 1.63. The van der Waals surface area contributed by atoms with Gasteiger partial charge in [-0.1, -0.05) is 6.08 Å². The zero-order chi connectivity index (χ0) is 7.11. The molecule has 0 fully saturated rings. The molecule has 0 bridgehead atoms. The van der Waals surface area contributed by atoms with Gasteiger partial charge in [0.2, 0.25) is 0 Å². The van der Waals surface area contributed by atoms with Gasteiger partial charge in [-0.25, -0.2) is 0 Å². The molecular formula is C7H14O2. The molecule has 0 heterocycles. The van der Waals surface area contributed by atoms with Gasteiger partial charge in [0.1, 0.15) is 0 Å². The Morgan fingerprint density at radius 2 is 2.22 bits per heavy atom. The van der Waals surface area contributed by atoms with Gasteiger partial charge >= 0.3 is 0 Å². The van der Waals surface area contributed by atoms with Crippen molar-refractivity contribution in [3.63, 3.8) is 0 Å². The van der Waals surface area contributed by atoms with E-state index < -0.39 is 0 Å². The first-order valence-corrected chi connectivity index (χ1v) is 3.19. The number of rotatable bonds is 4. The van der Waals surface area contributed by atoms with Gasteiger partial charge in [0.15, 0.2) is 6.29 Å². The molecule has 0 aromatic carbocycles. The monoisotopic (exact) mass is 130 g/mol. The van der Waals surface area contributed by atoms with Crippen LogP contribution < -0.4 is 0 Å². The number of ether oxygens (including phenoxy) is 2. The van der Waals surface area contributed by atoms with E-state index in [1.54, 1.807) is 6.26 Å². The van der Waals surface area contributed by atoms with Crippen molar-refractivity contribution in [2.24, 2.45) is 0 Å². The molecule has 0 aliphatic heterocycles. The van der Waals surface area contributed by atoms with E-state index in [1.807, 2.05) is 26.8 Å². The number of hydrogen-bond donors (Lipinski definition) is 0. The fraction of sp³-hybridized carbons (Fsp3) is 0.714. The lowest BCUT2D eigenvalue weighted by Gasteiger charge is -2.09. The minimum atomic E-state index is -0.119. The van der Waals surface area contributed by atoms with E-state index in [0.717, 1.165) is 0 Å². The Morgan fingerprint density at radius 1 is 1.56 bits per heavy atom. The van der Waals surface area contributed by atoms with Gasteiger partial charge in [-0.15, -0.1) is 0 Å². The second kappa shape index (κ2) is 5.63. The molecule has 0 saturated carbocycles. The molecule has 54 valence electrons. The lowest BCUT2D eigenvalue weighted by molar-refractivity contribution is -0.0882. The first-order chi connectivity index (χ1) is 4.31. The lowest BCUT2D eigenvalue weighted by Crippen LogP contribution is -2.08. The molecule has 0 rings (SSSR count). The van der Waals surface area contributed by atoms with Gasteiger partial charge in [0.05, 0.1) is 6.26 Å². The molecule has 0 radical (unpaired) electrons. The Bertz CT molecular complexity index is 79.0. The molecule has 0 saturated heterocycles.